The molecule has 3 aromatic rings. The molecular weight excluding hydrogens is 396 g/mol. The lowest BCUT2D eigenvalue weighted by Gasteiger charge is -2.34. The highest BCUT2D eigenvalue weighted by atomic mass is 32.1. The van der Waals surface area contributed by atoms with Crippen LogP contribution in [-0.4, -0.2) is 29.0 Å². The molecule has 0 amide bonds. The molecule has 2 N–H and O–H groups in total. The van der Waals surface area contributed by atoms with Crippen molar-refractivity contribution < 1.29 is 4.92 Å². The minimum Gasteiger partial charge on any atom is -0.354 e. The van der Waals surface area contributed by atoms with Crippen molar-refractivity contribution in [3.8, 4) is 0 Å². The normalized spacial score (nSPS) is 12.8. The molecule has 0 saturated carbocycles. The summed E-state index contributed by atoms with van der Waals surface area (Å²) in [6.07, 6.45) is 0. The molecule has 0 heterocycles. The summed E-state index contributed by atoms with van der Waals surface area (Å²) in [7, 11) is 4.09. The molecule has 154 valence electrons. The van der Waals surface area contributed by atoms with E-state index in [0.29, 0.717) is 10.8 Å². The molecule has 0 fully saturated rings. The number of benzene rings is 3. The third kappa shape index (κ3) is 5.40. The average molecular weight is 421 g/mol. The summed E-state index contributed by atoms with van der Waals surface area (Å²) in [5.74, 6) is 0. The van der Waals surface area contributed by atoms with E-state index in [-0.39, 0.29) is 17.8 Å². The molecule has 0 aliphatic rings. The lowest BCUT2D eigenvalue weighted by atomic mass is 9.92. The number of hydrogen-bond donors (Lipinski definition) is 2. The van der Waals surface area contributed by atoms with Gasteiger partial charge in [-0.2, -0.15) is 0 Å². The largest absolute Gasteiger partial charge is 0.354 e. The third-order valence-corrected chi connectivity index (χ3v) is 5.01. The van der Waals surface area contributed by atoms with E-state index in [1.54, 1.807) is 12.1 Å². The molecule has 0 radical (unpaired) electrons. The van der Waals surface area contributed by atoms with E-state index >= 15 is 0 Å². The number of nitro groups is 1. The van der Waals surface area contributed by atoms with Gasteiger partial charge in [-0.25, -0.2) is 0 Å². The minimum absolute atomic E-state index is 0.0326. The SMILES string of the molecule is CN(C)[C@H](c1ccccc1)[C@H](NC(=S)Nc1ccc([N+](=O)[O-])cc1)c1ccccc1. The topological polar surface area (TPSA) is 70.4 Å². The van der Waals surface area contributed by atoms with E-state index < -0.39 is 4.92 Å². The summed E-state index contributed by atoms with van der Waals surface area (Å²) >= 11 is 5.58. The number of likely N-dealkylation sites (N-methyl/N-ethyl adjacent to an activating group) is 1. The fourth-order valence-corrected chi connectivity index (χ4v) is 3.66. The van der Waals surface area contributed by atoms with Crippen molar-refractivity contribution in [3.05, 3.63) is 106 Å². The van der Waals surface area contributed by atoms with Gasteiger partial charge in [0.05, 0.1) is 17.0 Å². The Labute approximate surface area is 181 Å². The number of thiocarbonyl (C=S) groups is 1. The molecule has 0 saturated heterocycles. The first-order valence-corrected chi connectivity index (χ1v) is 9.95. The maximum atomic E-state index is 10.9. The lowest BCUT2D eigenvalue weighted by Crippen LogP contribution is -2.40. The van der Waals surface area contributed by atoms with Gasteiger partial charge in [-0.3, -0.25) is 10.1 Å². The minimum atomic E-state index is -0.423. The van der Waals surface area contributed by atoms with Crippen molar-refractivity contribution in [1.82, 2.24) is 10.2 Å². The second-order valence-electron chi connectivity index (χ2n) is 7.11. The predicted molar refractivity (Wildman–Crippen MR) is 125 cm³/mol. The molecule has 6 nitrogen and oxygen atoms in total. The highest BCUT2D eigenvalue weighted by Gasteiger charge is 2.27. The van der Waals surface area contributed by atoms with Gasteiger partial charge in [0, 0.05) is 17.8 Å². The number of rotatable bonds is 7. The van der Waals surface area contributed by atoms with Crippen molar-refractivity contribution in [2.45, 2.75) is 12.1 Å². The van der Waals surface area contributed by atoms with Crippen LogP contribution >= 0.6 is 12.2 Å². The Morgan fingerprint density at radius 3 is 1.93 bits per heavy atom. The highest BCUT2D eigenvalue weighted by Crippen LogP contribution is 2.32. The van der Waals surface area contributed by atoms with Crippen molar-refractivity contribution >= 4 is 28.7 Å². The number of nitrogens with zero attached hydrogens (tertiary/aromatic N) is 2. The Bertz CT molecular complexity index is 979. The molecule has 0 bridgehead atoms. The van der Waals surface area contributed by atoms with Crippen LogP contribution in [-0.2, 0) is 0 Å². The van der Waals surface area contributed by atoms with Gasteiger partial charge in [0.2, 0.25) is 0 Å². The molecule has 7 heteroatoms. The summed E-state index contributed by atoms with van der Waals surface area (Å²) < 4.78 is 0. The fourth-order valence-electron chi connectivity index (χ4n) is 3.42. The van der Waals surface area contributed by atoms with Crippen LogP contribution in [0.25, 0.3) is 0 Å². The quantitative estimate of drug-likeness (QED) is 0.321. The summed E-state index contributed by atoms with van der Waals surface area (Å²) in [5, 5.41) is 17.9. The first kappa shape index (κ1) is 21.4. The molecule has 0 aromatic heterocycles. The van der Waals surface area contributed by atoms with E-state index in [2.05, 4.69) is 39.8 Å². The molecule has 2 atom stereocenters. The van der Waals surface area contributed by atoms with Crippen LogP contribution in [0.2, 0.25) is 0 Å². The number of anilines is 1. The third-order valence-electron chi connectivity index (χ3n) is 4.79. The molecule has 0 spiro atoms. The zero-order chi connectivity index (χ0) is 21.5. The van der Waals surface area contributed by atoms with Crippen LogP contribution in [0, 0.1) is 10.1 Å². The number of nitrogens with one attached hydrogen (secondary N) is 2. The van der Waals surface area contributed by atoms with Crippen LogP contribution in [0.4, 0.5) is 11.4 Å². The summed E-state index contributed by atoms with van der Waals surface area (Å²) in [6, 6.07) is 26.5. The van der Waals surface area contributed by atoms with Gasteiger partial charge in [0.15, 0.2) is 5.11 Å². The first-order valence-electron chi connectivity index (χ1n) is 9.54. The highest BCUT2D eigenvalue weighted by molar-refractivity contribution is 7.80. The Balaban J connectivity index is 1.85. The van der Waals surface area contributed by atoms with E-state index in [1.807, 2.05) is 50.5 Å². The van der Waals surface area contributed by atoms with Crippen LogP contribution in [0.1, 0.15) is 23.2 Å². The number of nitro benzene ring substituents is 1. The van der Waals surface area contributed by atoms with E-state index in [1.165, 1.54) is 17.7 Å². The molecule has 0 aliphatic heterocycles. The predicted octanol–water partition coefficient (Wildman–Crippen LogP) is 4.93. The van der Waals surface area contributed by atoms with Crippen LogP contribution in [0.3, 0.4) is 0 Å². The second kappa shape index (κ2) is 9.96. The summed E-state index contributed by atoms with van der Waals surface area (Å²) in [4.78, 5) is 12.6. The molecule has 3 aromatic carbocycles. The maximum absolute atomic E-state index is 10.9. The zero-order valence-electron chi connectivity index (χ0n) is 16.9. The van der Waals surface area contributed by atoms with Gasteiger partial charge >= 0.3 is 0 Å². The van der Waals surface area contributed by atoms with Gasteiger partial charge in [0.1, 0.15) is 0 Å². The zero-order valence-corrected chi connectivity index (χ0v) is 17.7. The Kier molecular flexibility index (Phi) is 7.11. The van der Waals surface area contributed by atoms with Crippen molar-refractivity contribution in [3.63, 3.8) is 0 Å². The summed E-state index contributed by atoms with van der Waals surface area (Å²) in [5.41, 5.74) is 3.00. The van der Waals surface area contributed by atoms with Crippen LogP contribution < -0.4 is 10.6 Å². The van der Waals surface area contributed by atoms with Crippen molar-refractivity contribution in [2.75, 3.05) is 19.4 Å². The summed E-state index contributed by atoms with van der Waals surface area (Å²) in [6.45, 7) is 0. The standard InChI is InChI=1S/C23H24N4O2S/c1-26(2)22(18-11-7-4-8-12-18)21(17-9-5-3-6-10-17)25-23(30)24-19-13-15-20(16-14-19)27(28)29/h3-16,21-22H,1-2H3,(H2,24,25,30)/t21-,22-/m1/s1. The van der Waals surface area contributed by atoms with E-state index in [0.717, 1.165) is 5.56 Å². The monoisotopic (exact) mass is 420 g/mol. The van der Waals surface area contributed by atoms with Crippen LogP contribution in [0.5, 0.6) is 0 Å². The molecular formula is C23H24N4O2S. The van der Waals surface area contributed by atoms with Gasteiger partial charge in [0.25, 0.3) is 5.69 Å². The van der Waals surface area contributed by atoms with Crippen molar-refractivity contribution in [1.29, 1.82) is 0 Å². The van der Waals surface area contributed by atoms with Gasteiger partial charge in [-0.15, -0.1) is 0 Å². The first-order chi connectivity index (χ1) is 14.5. The second-order valence-corrected chi connectivity index (χ2v) is 7.52. The smallest absolute Gasteiger partial charge is 0.269 e. The molecule has 3 rings (SSSR count). The van der Waals surface area contributed by atoms with E-state index in [4.69, 9.17) is 12.2 Å². The van der Waals surface area contributed by atoms with Gasteiger partial charge < -0.3 is 15.5 Å². The van der Waals surface area contributed by atoms with E-state index in [9.17, 15) is 10.1 Å². The van der Waals surface area contributed by atoms with Gasteiger partial charge in [-0.05, 0) is 49.6 Å². The maximum Gasteiger partial charge on any atom is 0.269 e. The molecule has 0 aliphatic carbocycles. The lowest BCUT2D eigenvalue weighted by molar-refractivity contribution is -0.384. The molecule has 0 unspecified atom stereocenters. The Morgan fingerprint density at radius 1 is 0.900 bits per heavy atom. The molecule has 30 heavy (non-hydrogen) atoms. The van der Waals surface area contributed by atoms with Crippen molar-refractivity contribution in [2.24, 2.45) is 0 Å². The average Bonchev–Trinajstić information content (AvgIpc) is 2.75. The fraction of sp³-hybridized carbons (Fsp3) is 0.174. The van der Waals surface area contributed by atoms with Crippen LogP contribution in [0.15, 0.2) is 84.9 Å². The number of non-ortho nitro benzene ring substituents is 1. The number of hydrogen-bond acceptors (Lipinski definition) is 4. The Morgan fingerprint density at radius 2 is 1.43 bits per heavy atom. The van der Waals surface area contributed by atoms with Gasteiger partial charge in [-0.1, -0.05) is 60.7 Å². The Hall–Kier alpha value is -3.29.